The number of nitrogens with one attached hydrogen (secondary N) is 1. The number of carbonyl (C=O) groups is 1. The van der Waals surface area contributed by atoms with E-state index >= 15 is 0 Å². The second-order valence-corrected chi connectivity index (χ2v) is 11.2. The predicted octanol–water partition coefficient (Wildman–Crippen LogP) is 3.23. The molecule has 2 saturated heterocycles. The van der Waals surface area contributed by atoms with E-state index in [0.717, 1.165) is 19.3 Å². The summed E-state index contributed by atoms with van der Waals surface area (Å²) in [6.07, 6.45) is 2.27. The Morgan fingerprint density at radius 1 is 1.31 bits per heavy atom. The van der Waals surface area contributed by atoms with Crippen LogP contribution in [0.3, 0.4) is 0 Å². The topological polar surface area (TPSA) is 73.9 Å². The minimum Gasteiger partial charge on any atom is -0.598 e. The maximum absolute atomic E-state index is 12.8. The number of rotatable bonds is 4. The molecule has 0 aromatic heterocycles. The molecule has 2 fully saturated rings. The summed E-state index contributed by atoms with van der Waals surface area (Å²) in [5.74, 6) is 0. The molecule has 0 aliphatic carbocycles. The highest BCUT2D eigenvalue weighted by atomic mass is 32.2. The molecule has 3 atom stereocenters. The Morgan fingerprint density at radius 3 is 2.38 bits per heavy atom. The van der Waals surface area contributed by atoms with Gasteiger partial charge in [0.25, 0.3) is 0 Å². The maximum Gasteiger partial charge on any atom is 0.410 e. The second kappa shape index (κ2) is 7.86. The molecule has 0 unspecified atom stereocenters. The highest BCUT2D eigenvalue weighted by Crippen LogP contribution is 2.43. The van der Waals surface area contributed by atoms with E-state index in [1.807, 2.05) is 41.5 Å². The summed E-state index contributed by atoms with van der Waals surface area (Å²) < 4.78 is 27.4. The monoisotopic (exact) mass is 388 g/mol. The van der Waals surface area contributed by atoms with Crippen LogP contribution in [0.5, 0.6) is 0 Å². The van der Waals surface area contributed by atoms with Gasteiger partial charge in [-0.05, 0) is 60.8 Å². The lowest BCUT2D eigenvalue weighted by molar-refractivity contribution is 0.00644. The molecule has 1 N–H and O–H groups in total. The standard InChI is InChI=1S/C19H36N2O4S/c1-8-18(6,7)26(23)20-15-14(2)24-13-19(15)9-11-21(12-10-19)16(22)25-17(3,4)5/h14-15,20H,8-13H2,1-7H3/t14-,15-,26-/m1/s1. The lowest BCUT2D eigenvalue weighted by atomic mass is 9.73. The van der Waals surface area contributed by atoms with Crippen molar-refractivity contribution in [2.45, 2.75) is 90.2 Å². The lowest BCUT2D eigenvalue weighted by Gasteiger charge is -2.43. The predicted molar refractivity (Wildman–Crippen MR) is 104 cm³/mol. The average Bonchev–Trinajstić information content (AvgIpc) is 2.83. The summed E-state index contributed by atoms with van der Waals surface area (Å²) in [6.45, 7) is 15.7. The van der Waals surface area contributed by atoms with Gasteiger partial charge in [0.1, 0.15) is 10.3 Å². The van der Waals surface area contributed by atoms with Crippen LogP contribution in [0.15, 0.2) is 0 Å². The van der Waals surface area contributed by atoms with Gasteiger partial charge in [0, 0.05) is 29.9 Å². The quantitative estimate of drug-likeness (QED) is 0.749. The average molecular weight is 389 g/mol. The molecule has 0 bridgehead atoms. The van der Waals surface area contributed by atoms with Crippen molar-refractivity contribution in [1.29, 1.82) is 0 Å². The van der Waals surface area contributed by atoms with E-state index in [9.17, 15) is 9.35 Å². The van der Waals surface area contributed by atoms with Gasteiger partial charge in [-0.3, -0.25) is 0 Å². The third-order valence-electron chi connectivity index (χ3n) is 5.76. The summed E-state index contributed by atoms with van der Waals surface area (Å²) in [5, 5.41) is 0. The molecular formula is C19H36N2O4S. The minimum absolute atomic E-state index is 0.0136. The molecule has 26 heavy (non-hydrogen) atoms. The fourth-order valence-electron chi connectivity index (χ4n) is 3.52. The van der Waals surface area contributed by atoms with Crippen LogP contribution in [0, 0.1) is 5.41 Å². The summed E-state index contributed by atoms with van der Waals surface area (Å²) in [5.41, 5.74) is -0.554. The second-order valence-electron chi connectivity index (χ2n) is 9.32. The van der Waals surface area contributed by atoms with Crippen LogP contribution in [0.25, 0.3) is 0 Å². The summed E-state index contributed by atoms with van der Waals surface area (Å²) in [7, 11) is 0. The first-order valence-electron chi connectivity index (χ1n) is 9.68. The van der Waals surface area contributed by atoms with Gasteiger partial charge in [0.05, 0.1) is 18.8 Å². The Labute approximate surface area is 161 Å². The third-order valence-corrected chi connectivity index (χ3v) is 7.52. The first-order chi connectivity index (χ1) is 11.9. The Hall–Kier alpha value is -0.500. The van der Waals surface area contributed by atoms with Crippen molar-refractivity contribution < 1.29 is 18.8 Å². The van der Waals surface area contributed by atoms with Crippen LogP contribution in [0.4, 0.5) is 4.79 Å². The molecule has 2 aliphatic rings. The van der Waals surface area contributed by atoms with Gasteiger partial charge in [-0.15, -0.1) is 4.72 Å². The number of nitrogens with zero attached hydrogens (tertiary/aromatic N) is 1. The Bertz CT molecular complexity index is 498. The number of hydrogen-bond acceptors (Lipinski definition) is 5. The zero-order valence-corrected chi connectivity index (χ0v) is 18.2. The SMILES string of the molecule is CCC(C)(C)[S@@+]([O-])N[C@@H]1[C@@H](C)OCC12CCN(C(=O)OC(C)(C)C)CC2. The molecule has 0 aromatic rings. The molecule has 1 spiro atoms. The molecule has 2 rings (SSSR count). The molecule has 0 aromatic carbocycles. The van der Waals surface area contributed by atoms with E-state index in [0.29, 0.717) is 19.7 Å². The zero-order valence-electron chi connectivity index (χ0n) is 17.4. The van der Waals surface area contributed by atoms with E-state index in [1.165, 1.54) is 0 Å². The molecule has 6 nitrogen and oxygen atoms in total. The molecule has 1 amide bonds. The molecule has 0 saturated carbocycles. The number of piperidine rings is 1. The minimum atomic E-state index is -1.13. The van der Waals surface area contributed by atoms with Crippen LogP contribution in [-0.2, 0) is 20.8 Å². The zero-order chi connectivity index (χ0) is 19.8. The van der Waals surface area contributed by atoms with Crippen LogP contribution in [0.2, 0.25) is 0 Å². The van der Waals surface area contributed by atoms with Crippen LogP contribution in [0.1, 0.15) is 67.7 Å². The van der Waals surface area contributed by atoms with Crippen LogP contribution >= 0.6 is 0 Å². The molecular weight excluding hydrogens is 352 g/mol. The van der Waals surface area contributed by atoms with Crippen LogP contribution in [-0.4, -0.2) is 57.7 Å². The van der Waals surface area contributed by atoms with Crippen LogP contribution < -0.4 is 4.72 Å². The largest absolute Gasteiger partial charge is 0.598 e. The molecule has 0 radical (unpaired) electrons. The van der Waals surface area contributed by atoms with Gasteiger partial charge in [0.15, 0.2) is 0 Å². The van der Waals surface area contributed by atoms with Crippen molar-refractivity contribution >= 4 is 17.5 Å². The van der Waals surface area contributed by atoms with Gasteiger partial charge >= 0.3 is 6.09 Å². The van der Waals surface area contributed by atoms with Crippen molar-refractivity contribution in [3.8, 4) is 0 Å². The third kappa shape index (κ3) is 4.86. The van der Waals surface area contributed by atoms with Crippen molar-refractivity contribution in [2.75, 3.05) is 19.7 Å². The Balaban J connectivity index is 2.02. The number of hydrogen-bond donors (Lipinski definition) is 1. The highest BCUT2D eigenvalue weighted by molar-refractivity contribution is 7.90. The highest BCUT2D eigenvalue weighted by Gasteiger charge is 2.53. The lowest BCUT2D eigenvalue weighted by Crippen LogP contribution is -2.57. The van der Waals surface area contributed by atoms with Crippen molar-refractivity contribution in [3.05, 3.63) is 0 Å². The van der Waals surface area contributed by atoms with Crippen molar-refractivity contribution in [3.63, 3.8) is 0 Å². The summed E-state index contributed by atoms with van der Waals surface area (Å²) >= 11 is -1.13. The Morgan fingerprint density at radius 2 is 1.88 bits per heavy atom. The number of amides is 1. The number of likely N-dealkylation sites (tertiary alicyclic amines) is 1. The number of carbonyl (C=O) groups excluding carboxylic acids is 1. The van der Waals surface area contributed by atoms with E-state index < -0.39 is 17.0 Å². The maximum atomic E-state index is 12.8. The molecule has 2 aliphatic heterocycles. The molecule has 152 valence electrons. The van der Waals surface area contributed by atoms with Crippen molar-refractivity contribution in [1.82, 2.24) is 9.62 Å². The Kier molecular flexibility index (Phi) is 6.59. The number of ether oxygens (including phenoxy) is 2. The van der Waals surface area contributed by atoms with Gasteiger partial charge in [-0.2, -0.15) is 0 Å². The fraction of sp³-hybridized carbons (Fsp3) is 0.947. The molecule has 2 heterocycles. The molecule has 7 heteroatoms. The fourth-order valence-corrected chi connectivity index (χ4v) is 4.78. The van der Waals surface area contributed by atoms with Gasteiger partial charge in [-0.1, -0.05) is 6.92 Å². The van der Waals surface area contributed by atoms with E-state index in [2.05, 4.69) is 11.6 Å². The van der Waals surface area contributed by atoms with E-state index in [-0.39, 0.29) is 28.4 Å². The first-order valence-corrected chi connectivity index (χ1v) is 10.8. The van der Waals surface area contributed by atoms with E-state index in [4.69, 9.17) is 9.47 Å². The normalized spacial score (nSPS) is 27.6. The van der Waals surface area contributed by atoms with Gasteiger partial charge < -0.3 is 18.9 Å². The van der Waals surface area contributed by atoms with Crippen molar-refractivity contribution in [2.24, 2.45) is 5.41 Å². The first kappa shape index (κ1) is 21.8. The van der Waals surface area contributed by atoms with E-state index in [1.54, 1.807) is 4.90 Å². The summed E-state index contributed by atoms with van der Waals surface area (Å²) in [6, 6.07) is 0.0370. The van der Waals surface area contributed by atoms with Gasteiger partial charge in [0.2, 0.25) is 0 Å². The van der Waals surface area contributed by atoms with Gasteiger partial charge in [-0.25, -0.2) is 4.79 Å². The summed E-state index contributed by atoms with van der Waals surface area (Å²) in [4.78, 5) is 14.1. The smallest absolute Gasteiger partial charge is 0.410 e.